The van der Waals surface area contributed by atoms with Crippen molar-refractivity contribution in [1.29, 1.82) is 0 Å². The van der Waals surface area contributed by atoms with E-state index in [-0.39, 0.29) is 6.61 Å². The zero-order chi connectivity index (χ0) is 11.6. The topological polar surface area (TPSA) is 63.6 Å². The highest BCUT2D eigenvalue weighted by atomic mass is 16.5. The Bertz CT molecular complexity index is 277. The minimum atomic E-state index is 0.0768. The van der Waals surface area contributed by atoms with Crippen molar-refractivity contribution in [2.24, 2.45) is 0 Å². The zero-order valence-electron chi connectivity index (χ0n) is 9.48. The molecule has 1 rings (SSSR count). The minimum absolute atomic E-state index is 0.0768. The van der Waals surface area contributed by atoms with Gasteiger partial charge in [-0.2, -0.15) is 0 Å². The van der Waals surface area contributed by atoms with Gasteiger partial charge in [0.05, 0.1) is 26.5 Å². The lowest BCUT2D eigenvalue weighted by Crippen LogP contribution is -2.08. The first-order valence-electron chi connectivity index (χ1n) is 5.29. The number of aromatic nitrogens is 1. The summed E-state index contributed by atoms with van der Waals surface area (Å²) in [5.41, 5.74) is 0. The monoisotopic (exact) mass is 226 g/mol. The van der Waals surface area contributed by atoms with Crippen molar-refractivity contribution in [3.63, 3.8) is 0 Å². The maximum Gasteiger partial charge on any atom is 0.137 e. The normalized spacial score (nSPS) is 10.1. The van der Waals surface area contributed by atoms with Gasteiger partial charge in [0, 0.05) is 13.2 Å². The quantitative estimate of drug-likeness (QED) is 0.645. The molecule has 0 aliphatic rings. The Morgan fingerprint density at radius 3 is 2.88 bits per heavy atom. The number of nitrogens with one attached hydrogen (secondary N) is 1. The molecule has 5 heteroatoms. The predicted octanol–water partition coefficient (Wildman–Crippen LogP) is 0.901. The average Bonchev–Trinajstić information content (AvgIpc) is 2.34. The molecule has 2 N–H and O–H groups in total. The Hall–Kier alpha value is -1.33. The van der Waals surface area contributed by atoms with Crippen molar-refractivity contribution in [2.75, 3.05) is 38.8 Å². The Morgan fingerprint density at radius 1 is 1.38 bits per heavy atom. The molecule has 0 aliphatic heterocycles. The summed E-state index contributed by atoms with van der Waals surface area (Å²) in [4.78, 5) is 4.17. The van der Waals surface area contributed by atoms with Crippen LogP contribution in [-0.2, 0) is 4.74 Å². The second kappa shape index (κ2) is 7.90. The van der Waals surface area contributed by atoms with E-state index < -0.39 is 0 Å². The lowest BCUT2D eigenvalue weighted by atomic mass is 10.4. The minimum Gasteiger partial charge on any atom is -0.495 e. The maximum atomic E-state index is 8.49. The molecule has 1 heterocycles. The molecule has 5 nitrogen and oxygen atoms in total. The van der Waals surface area contributed by atoms with E-state index in [0.29, 0.717) is 13.2 Å². The van der Waals surface area contributed by atoms with Gasteiger partial charge < -0.3 is 19.9 Å². The first kappa shape index (κ1) is 12.7. The van der Waals surface area contributed by atoms with Crippen molar-refractivity contribution in [2.45, 2.75) is 6.42 Å². The van der Waals surface area contributed by atoms with Crippen LogP contribution < -0.4 is 10.1 Å². The van der Waals surface area contributed by atoms with Crippen molar-refractivity contribution >= 4 is 5.82 Å². The van der Waals surface area contributed by atoms with Crippen LogP contribution in [0.5, 0.6) is 5.75 Å². The molecule has 0 saturated carbocycles. The number of ether oxygens (including phenoxy) is 2. The number of hydrogen-bond donors (Lipinski definition) is 2. The fourth-order valence-electron chi connectivity index (χ4n) is 1.16. The van der Waals surface area contributed by atoms with E-state index in [1.807, 2.05) is 12.1 Å². The summed E-state index contributed by atoms with van der Waals surface area (Å²) >= 11 is 0. The standard InChI is InChI=1S/C11H18N2O3/c1-15-10-3-4-11(13-9-10)12-5-2-7-16-8-6-14/h3-4,9,14H,2,5-8H2,1H3,(H,12,13). The van der Waals surface area contributed by atoms with Crippen LogP contribution in [-0.4, -0.2) is 43.6 Å². The number of anilines is 1. The summed E-state index contributed by atoms with van der Waals surface area (Å²) in [6.45, 7) is 1.92. The first-order valence-corrected chi connectivity index (χ1v) is 5.29. The fraction of sp³-hybridized carbons (Fsp3) is 0.545. The van der Waals surface area contributed by atoms with E-state index in [1.165, 1.54) is 0 Å². The summed E-state index contributed by atoms with van der Waals surface area (Å²) in [5, 5.41) is 11.7. The van der Waals surface area contributed by atoms with Gasteiger partial charge in [0.15, 0.2) is 0 Å². The molecule has 0 fully saturated rings. The second-order valence-electron chi connectivity index (χ2n) is 3.20. The largest absolute Gasteiger partial charge is 0.495 e. The van der Waals surface area contributed by atoms with Gasteiger partial charge in [0.25, 0.3) is 0 Å². The number of aliphatic hydroxyl groups excluding tert-OH is 1. The molecule has 0 spiro atoms. The van der Waals surface area contributed by atoms with Crippen molar-refractivity contribution in [1.82, 2.24) is 4.98 Å². The van der Waals surface area contributed by atoms with Gasteiger partial charge in [0.2, 0.25) is 0 Å². The SMILES string of the molecule is COc1ccc(NCCCOCCO)nc1. The molecule has 0 saturated heterocycles. The van der Waals surface area contributed by atoms with E-state index in [0.717, 1.165) is 24.5 Å². The Labute approximate surface area is 95.4 Å². The van der Waals surface area contributed by atoms with Crippen LogP contribution in [0.2, 0.25) is 0 Å². The van der Waals surface area contributed by atoms with Crippen LogP contribution in [0.3, 0.4) is 0 Å². The van der Waals surface area contributed by atoms with Gasteiger partial charge in [-0.1, -0.05) is 0 Å². The van der Waals surface area contributed by atoms with Crippen molar-refractivity contribution < 1.29 is 14.6 Å². The number of methoxy groups -OCH3 is 1. The summed E-state index contributed by atoms with van der Waals surface area (Å²) in [6, 6.07) is 3.73. The average molecular weight is 226 g/mol. The van der Waals surface area contributed by atoms with Crippen molar-refractivity contribution in [3.8, 4) is 5.75 Å². The number of pyridine rings is 1. The van der Waals surface area contributed by atoms with Crippen LogP contribution in [0.25, 0.3) is 0 Å². The molecular weight excluding hydrogens is 208 g/mol. The highest BCUT2D eigenvalue weighted by molar-refractivity contribution is 5.37. The number of hydrogen-bond acceptors (Lipinski definition) is 5. The van der Waals surface area contributed by atoms with Gasteiger partial charge >= 0.3 is 0 Å². The highest BCUT2D eigenvalue weighted by Gasteiger charge is 1.94. The Morgan fingerprint density at radius 2 is 2.25 bits per heavy atom. The molecule has 0 radical (unpaired) electrons. The molecule has 0 atom stereocenters. The van der Waals surface area contributed by atoms with Crippen LogP contribution in [0.4, 0.5) is 5.82 Å². The molecule has 0 aliphatic carbocycles. The van der Waals surface area contributed by atoms with Crippen molar-refractivity contribution in [3.05, 3.63) is 18.3 Å². The lowest BCUT2D eigenvalue weighted by molar-refractivity contribution is 0.0922. The summed E-state index contributed by atoms with van der Waals surface area (Å²) in [7, 11) is 1.61. The third-order valence-corrected chi connectivity index (χ3v) is 1.98. The zero-order valence-corrected chi connectivity index (χ0v) is 9.48. The van der Waals surface area contributed by atoms with Crippen LogP contribution in [0.1, 0.15) is 6.42 Å². The van der Waals surface area contributed by atoms with Gasteiger partial charge in [-0.15, -0.1) is 0 Å². The first-order chi connectivity index (χ1) is 7.86. The Kier molecular flexibility index (Phi) is 6.29. The molecule has 0 amide bonds. The molecule has 0 aromatic carbocycles. The summed E-state index contributed by atoms with van der Waals surface area (Å²) in [6.07, 6.45) is 2.55. The van der Waals surface area contributed by atoms with Crippen LogP contribution in [0, 0.1) is 0 Å². The van der Waals surface area contributed by atoms with Crippen LogP contribution in [0.15, 0.2) is 18.3 Å². The third-order valence-electron chi connectivity index (χ3n) is 1.98. The molecule has 0 bridgehead atoms. The molecule has 90 valence electrons. The van der Waals surface area contributed by atoms with Gasteiger partial charge in [0.1, 0.15) is 11.6 Å². The molecular formula is C11H18N2O3. The summed E-state index contributed by atoms with van der Waals surface area (Å²) < 4.78 is 10.1. The predicted molar refractivity (Wildman–Crippen MR) is 61.8 cm³/mol. The molecule has 0 unspecified atom stereocenters. The smallest absolute Gasteiger partial charge is 0.137 e. The second-order valence-corrected chi connectivity index (χ2v) is 3.20. The van der Waals surface area contributed by atoms with Gasteiger partial charge in [-0.3, -0.25) is 0 Å². The summed E-state index contributed by atoms with van der Waals surface area (Å²) in [5.74, 6) is 1.57. The maximum absolute atomic E-state index is 8.49. The van der Waals surface area contributed by atoms with E-state index in [4.69, 9.17) is 14.6 Å². The number of aliphatic hydroxyl groups is 1. The Balaban J connectivity index is 2.12. The van der Waals surface area contributed by atoms with E-state index in [9.17, 15) is 0 Å². The number of nitrogens with zero attached hydrogens (tertiary/aromatic N) is 1. The fourth-order valence-corrected chi connectivity index (χ4v) is 1.16. The van der Waals surface area contributed by atoms with Gasteiger partial charge in [-0.05, 0) is 18.6 Å². The highest BCUT2D eigenvalue weighted by Crippen LogP contribution is 2.10. The van der Waals surface area contributed by atoms with E-state index >= 15 is 0 Å². The molecule has 1 aromatic heterocycles. The van der Waals surface area contributed by atoms with Crippen LogP contribution >= 0.6 is 0 Å². The third kappa shape index (κ3) is 4.95. The number of rotatable bonds is 8. The van der Waals surface area contributed by atoms with E-state index in [1.54, 1.807) is 13.3 Å². The molecule has 1 aromatic rings. The lowest BCUT2D eigenvalue weighted by Gasteiger charge is -2.06. The molecule has 16 heavy (non-hydrogen) atoms. The van der Waals surface area contributed by atoms with Gasteiger partial charge in [-0.25, -0.2) is 4.98 Å². The van der Waals surface area contributed by atoms with E-state index in [2.05, 4.69) is 10.3 Å².